The van der Waals surface area contributed by atoms with Crippen molar-refractivity contribution in [1.29, 1.82) is 0 Å². The fourth-order valence-corrected chi connectivity index (χ4v) is 1.34. The maximum absolute atomic E-state index is 13.0. The maximum Gasteiger partial charge on any atom is 0.418 e. The van der Waals surface area contributed by atoms with Crippen molar-refractivity contribution in [2.45, 2.75) is 19.0 Å². The molecule has 0 bridgehead atoms. The molecule has 2 nitrogen and oxygen atoms in total. The lowest BCUT2D eigenvalue weighted by Gasteiger charge is -2.18. The van der Waals surface area contributed by atoms with Gasteiger partial charge in [-0.1, -0.05) is 12.2 Å². The van der Waals surface area contributed by atoms with Gasteiger partial charge in [0.25, 0.3) is 0 Å². The van der Waals surface area contributed by atoms with Crippen molar-refractivity contribution in [2.75, 3.05) is 0 Å². The van der Waals surface area contributed by atoms with Crippen molar-refractivity contribution in [3.8, 4) is 0 Å². The van der Waals surface area contributed by atoms with Gasteiger partial charge in [-0.25, -0.2) is 4.39 Å². The van der Waals surface area contributed by atoms with Crippen molar-refractivity contribution in [2.24, 2.45) is 5.92 Å². The van der Waals surface area contributed by atoms with Crippen LogP contribution in [-0.4, -0.2) is 17.3 Å². The number of carboxylic acid groups (broad SMARTS) is 1. The predicted octanol–water partition coefficient (Wildman–Crippen LogP) is 2.82. The molecule has 0 aliphatic heterocycles. The van der Waals surface area contributed by atoms with Gasteiger partial charge in [-0.05, 0) is 5.92 Å². The van der Waals surface area contributed by atoms with Crippen molar-refractivity contribution in [3.63, 3.8) is 0 Å². The highest BCUT2D eigenvalue weighted by Gasteiger charge is 2.37. The van der Waals surface area contributed by atoms with E-state index in [0.717, 1.165) is 6.08 Å². The van der Waals surface area contributed by atoms with Crippen LogP contribution in [0.5, 0.6) is 0 Å². The standard InChI is InChI=1S/C9H8F4O2/c10-7-3-5(4-8(14)15)1-2-6(7)9(11,12)13/h1-2,5H,3-4H2,(H,14,15). The molecule has 0 amide bonds. The molecule has 0 saturated carbocycles. The molecular formula is C9H8F4O2. The van der Waals surface area contributed by atoms with E-state index in [1.165, 1.54) is 0 Å². The zero-order valence-electron chi connectivity index (χ0n) is 7.51. The number of halogens is 4. The fourth-order valence-electron chi connectivity index (χ4n) is 1.34. The summed E-state index contributed by atoms with van der Waals surface area (Å²) in [6.07, 6.45) is -3.89. The Hall–Kier alpha value is -1.33. The number of rotatable bonds is 2. The molecule has 0 heterocycles. The van der Waals surface area contributed by atoms with E-state index in [1.807, 2.05) is 0 Å². The van der Waals surface area contributed by atoms with Gasteiger partial charge in [0.1, 0.15) is 5.83 Å². The summed E-state index contributed by atoms with van der Waals surface area (Å²) in [5.41, 5.74) is -1.32. The van der Waals surface area contributed by atoms with E-state index < -0.39 is 35.9 Å². The van der Waals surface area contributed by atoms with Gasteiger partial charge in [0, 0.05) is 6.42 Å². The van der Waals surface area contributed by atoms with Crippen molar-refractivity contribution >= 4 is 5.97 Å². The van der Waals surface area contributed by atoms with Crippen LogP contribution < -0.4 is 0 Å². The Morgan fingerprint density at radius 2 is 2.13 bits per heavy atom. The van der Waals surface area contributed by atoms with Gasteiger partial charge in [-0.2, -0.15) is 13.2 Å². The quantitative estimate of drug-likeness (QED) is 0.732. The summed E-state index contributed by atoms with van der Waals surface area (Å²) in [6.45, 7) is 0. The van der Waals surface area contributed by atoms with Gasteiger partial charge in [-0.15, -0.1) is 0 Å². The molecule has 84 valence electrons. The third-order valence-corrected chi connectivity index (χ3v) is 2.01. The second-order valence-electron chi connectivity index (χ2n) is 3.24. The lowest BCUT2D eigenvalue weighted by Crippen LogP contribution is -2.17. The lowest BCUT2D eigenvalue weighted by atomic mass is 9.93. The van der Waals surface area contributed by atoms with Crippen molar-refractivity contribution < 1.29 is 27.5 Å². The molecule has 0 saturated heterocycles. The highest BCUT2D eigenvalue weighted by molar-refractivity contribution is 5.67. The normalized spacial score (nSPS) is 22.0. The lowest BCUT2D eigenvalue weighted by molar-refractivity contribution is -0.137. The Bertz CT molecular complexity index is 327. The van der Waals surface area contributed by atoms with Gasteiger partial charge in [0.2, 0.25) is 0 Å². The second kappa shape index (κ2) is 4.04. The number of aliphatic carboxylic acids is 1. The molecule has 1 aliphatic carbocycles. The summed E-state index contributed by atoms with van der Waals surface area (Å²) in [5, 5.41) is 8.38. The Balaban J connectivity index is 2.76. The minimum atomic E-state index is -4.71. The van der Waals surface area contributed by atoms with Gasteiger partial charge in [-0.3, -0.25) is 4.79 Å². The first kappa shape index (κ1) is 11.7. The monoisotopic (exact) mass is 224 g/mol. The zero-order valence-corrected chi connectivity index (χ0v) is 7.51. The maximum atomic E-state index is 13.0. The molecule has 6 heteroatoms. The third kappa shape index (κ3) is 3.07. The molecule has 0 aromatic heterocycles. The van der Waals surface area contributed by atoms with E-state index in [9.17, 15) is 22.4 Å². The van der Waals surface area contributed by atoms with Crippen LogP contribution in [0, 0.1) is 5.92 Å². The summed E-state index contributed by atoms with van der Waals surface area (Å²) in [7, 11) is 0. The van der Waals surface area contributed by atoms with Crippen LogP contribution in [0.25, 0.3) is 0 Å². The third-order valence-electron chi connectivity index (χ3n) is 2.01. The topological polar surface area (TPSA) is 37.3 Å². The fraction of sp³-hybridized carbons (Fsp3) is 0.444. The molecule has 1 unspecified atom stereocenters. The summed E-state index contributed by atoms with van der Waals surface area (Å²) < 4.78 is 49.3. The van der Waals surface area contributed by atoms with Crippen molar-refractivity contribution in [1.82, 2.24) is 0 Å². The number of hydrogen-bond acceptors (Lipinski definition) is 1. The minimum Gasteiger partial charge on any atom is -0.481 e. The van der Waals surface area contributed by atoms with E-state index in [1.54, 1.807) is 0 Å². The summed E-state index contributed by atoms with van der Waals surface area (Å²) in [6, 6.07) is 0. The number of carbonyl (C=O) groups is 1. The Morgan fingerprint density at radius 1 is 1.53 bits per heavy atom. The van der Waals surface area contributed by atoms with Crippen LogP contribution in [0.1, 0.15) is 12.8 Å². The van der Waals surface area contributed by atoms with E-state index in [0.29, 0.717) is 6.08 Å². The van der Waals surface area contributed by atoms with Gasteiger partial charge in [0.05, 0.1) is 12.0 Å². The number of hydrogen-bond donors (Lipinski definition) is 1. The Kier molecular flexibility index (Phi) is 3.16. The summed E-state index contributed by atoms with van der Waals surface area (Å²) >= 11 is 0. The molecule has 1 rings (SSSR count). The second-order valence-corrected chi connectivity index (χ2v) is 3.24. The SMILES string of the molecule is O=C(O)CC1C=CC(C(F)(F)F)=C(F)C1. The van der Waals surface area contributed by atoms with Crippen molar-refractivity contribution in [3.05, 3.63) is 23.6 Å². The Morgan fingerprint density at radius 3 is 2.53 bits per heavy atom. The van der Waals surface area contributed by atoms with Crippen LogP contribution in [0.15, 0.2) is 23.6 Å². The number of allylic oxidation sites excluding steroid dienone is 4. The van der Waals surface area contributed by atoms with Crippen LogP contribution in [0.3, 0.4) is 0 Å². The van der Waals surface area contributed by atoms with Crippen LogP contribution in [0.2, 0.25) is 0 Å². The number of carboxylic acids is 1. The zero-order chi connectivity index (χ0) is 11.6. The molecule has 1 aliphatic rings. The molecule has 1 atom stereocenters. The summed E-state index contributed by atoms with van der Waals surface area (Å²) in [4.78, 5) is 10.3. The van der Waals surface area contributed by atoms with Gasteiger partial charge < -0.3 is 5.11 Å². The highest BCUT2D eigenvalue weighted by atomic mass is 19.4. The first-order chi connectivity index (χ1) is 6.80. The predicted molar refractivity (Wildman–Crippen MR) is 43.7 cm³/mol. The molecule has 0 aromatic carbocycles. The van der Waals surface area contributed by atoms with Crippen LogP contribution in [0.4, 0.5) is 17.6 Å². The van der Waals surface area contributed by atoms with Gasteiger partial charge in [0.15, 0.2) is 0 Å². The average Bonchev–Trinajstić information content (AvgIpc) is 1.99. The molecule has 0 radical (unpaired) electrons. The van der Waals surface area contributed by atoms with E-state index in [2.05, 4.69) is 0 Å². The summed E-state index contributed by atoms with van der Waals surface area (Å²) in [5.74, 6) is -3.15. The Labute approximate surface area is 82.9 Å². The molecular weight excluding hydrogens is 216 g/mol. The smallest absolute Gasteiger partial charge is 0.418 e. The molecule has 15 heavy (non-hydrogen) atoms. The first-order valence-electron chi connectivity index (χ1n) is 4.16. The molecule has 1 N–H and O–H groups in total. The van der Waals surface area contributed by atoms with E-state index >= 15 is 0 Å². The highest BCUT2D eigenvalue weighted by Crippen LogP contribution is 2.36. The van der Waals surface area contributed by atoms with Crippen LogP contribution in [-0.2, 0) is 4.79 Å². The largest absolute Gasteiger partial charge is 0.481 e. The minimum absolute atomic E-state index is 0.366. The molecule has 0 fully saturated rings. The van der Waals surface area contributed by atoms with Gasteiger partial charge >= 0.3 is 12.1 Å². The molecule has 0 spiro atoms. The first-order valence-corrected chi connectivity index (χ1v) is 4.16. The van der Waals surface area contributed by atoms with E-state index in [-0.39, 0.29) is 6.42 Å². The van der Waals surface area contributed by atoms with Crippen LogP contribution >= 0.6 is 0 Å². The average molecular weight is 224 g/mol. The van der Waals surface area contributed by atoms with E-state index in [4.69, 9.17) is 5.11 Å². The molecule has 0 aromatic rings. The number of alkyl halides is 3.